The van der Waals surface area contributed by atoms with Gasteiger partial charge >= 0.3 is 0 Å². The van der Waals surface area contributed by atoms with Crippen molar-refractivity contribution < 1.29 is 22.1 Å². The maximum atomic E-state index is 13.3. The van der Waals surface area contributed by atoms with Gasteiger partial charge in [-0.3, -0.25) is 4.79 Å². The van der Waals surface area contributed by atoms with Crippen molar-refractivity contribution in [2.75, 3.05) is 18.4 Å². The Morgan fingerprint density at radius 3 is 2.70 bits per heavy atom. The number of thiophene rings is 1. The minimum Gasteiger partial charge on any atom is -0.339 e. The summed E-state index contributed by atoms with van der Waals surface area (Å²) in [5, 5.41) is 8.47. The zero-order valence-corrected chi connectivity index (χ0v) is 19.4. The zero-order valence-electron chi connectivity index (χ0n) is 17.7. The van der Waals surface area contributed by atoms with Crippen LogP contribution in [-0.2, 0) is 14.8 Å². The van der Waals surface area contributed by atoms with Gasteiger partial charge < -0.3 is 9.84 Å². The van der Waals surface area contributed by atoms with E-state index in [1.807, 2.05) is 0 Å². The predicted octanol–water partition coefficient (Wildman–Crippen LogP) is 4.24. The Kier molecular flexibility index (Phi) is 6.02. The number of carbonyl (C=O) groups is 1. The first kappa shape index (κ1) is 22.2. The minimum absolute atomic E-state index is 0.0939. The van der Waals surface area contributed by atoms with E-state index in [1.54, 1.807) is 11.4 Å². The van der Waals surface area contributed by atoms with Crippen LogP contribution in [0.4, 0.5) is 10.1 Å². The van der Waals surface area contributed by atoms with E-state index >= 15 is 0 Å². The average Bonchev–Trinajstić information content (AvgIpc) is 3.44. The van der Waals surface area contributed by atoms with E-state index in [1.165, 1.54) is 28.6 Å². The summed E-state index contributed by atoms with van der Waals surface area (Å²) in [5.41, 5.74) is 1.08. The average molecular weight is 491 g/mol. The van der Waals surface area contributed by atoms with E-state index in [0.717, 1.165) is 30.6 Å². The number of hydrogen-bond donors (Lipinski definition) is 1. The Labute approximate surface area is 194 Å². The van der Waals surface area contributed by atoms with Gasteiger partial charge in [-0.25, -0.2) is 12.8 Å². The highest BCUT2D eigenvalue weighted by atomic mass is 32.2. The van der Waals surface area contributed by atoms with Crippen LogP contribution < -0.4 is 5.32 Å². The highest BCUT2D eigenvalue weighted by Crippen LogP contribution is 2.37. The predicted molar refractivity (Wildman–Crippen MR) is 121 cm³/mol. The summed E-state index contributed by atoms with van der Waals surface area (Å²) in [6.45, 7) is 0.445. The molecule has 3 heterocycles. The molecule has 2 aromatic heterocycles. The number of benzene rings is 1. The molecule has 0 unspecified atom stereocenters. The lowest BCUT2D eigenvalue weighted by atomic mass is 9.85. The molecule has 1 amide bonds. The summed E-state index contributed by atoms with van der Waals surface area (Å²) in [7, 11) is -3.76. The fourth-order valence-electron chi connectivity index (χ4n) is 4.02. The zero-order chi connectivity index (χ0) is 23.0. The van der Waals surface area contributed by atoms with Crippen LogP contribution in [0, 0.1) is 11.7 Å². The normalized spacial score (nSPS) is 19.8. The van der Waals surface area contributed by atoms with Gasteiger partial charge in [-0.15, -0.1) is 11.3 Å². The number of amides is 1. The number of sulfonamides is 1. The minimum atomic E-state index is -3.76. The molecule has 0 spiro atoms. The molecule has 1 saturated heterocycles. The number of aromatic nitrogens is 2. The Morgan fingerprint density at radius 1 is 1.18 bits per heavy atom. The third-order valence-corrected chi connectivity index (χ3v) is 9.47. The monoisotopic (exact) mass is 490 g/mol. The molecule has 11 heteroatoms. The highest BCUT2D eigenvalue weighted by Gasteiger charge is 2.34. The maximum Gasteiger partial charge on any atom is 0.252 e. The summed E-state index contributed by atoms with van der Waals surface area (Å²) < 4.78 is 46.5. The van der Waals surface area contributed by atoms with Crippen LogP contribution in [0.15, 0.2) is 44.4 Å². The van der Waals surface area contributed by atoms with E-state index in [9.17, 15) is 17.6 Å². The van der Waals surface area contributed by atoms with Crippen LogP contribution in [0.2, 0.25) is 0 Å². The first-order valence-electron chi connectivity index (χ1n) is 10.9. The van der Waals surface area contributed by atoms with E-state index in [2.05, 4.69) is 15.5 Å². The third-order valence-electron chi connectivity index (χ3n) is 6.19. The molecule has 1 N–H and O–H groups in total. The summed E-state index contributed by atoms with van der Waals surface area (Å²) in [5.74, 6) is 0.157. The van der Waals surface area contributed by atoms with Crippen molar-refractivity contribution in [3.05, 3.63) is 47.4 Å². The number of nitrogens with zero attached hydrogens (tertiary/aromatic N) is 3. The second-order valence-electron chi connectivity index (χ2n) is 8.44. The van der Waals surface area contributed by atoms with Crippen LogP contribution in [0.25, 0.3) is 11.4 Å². The van der Waals surface area contributed by atoms with Crippen LogP contribution in [0.1, 0.15) is 43.9 Å². The van der Waals surface area contributed by atoms with Crippen LogP contribution >= 0.6 is 11.3 Å². The molecular weight excluding hydrogens is 467 g/mol. The Hall–Kier alpha value is -2.63. The largest absolute Gasteiger partial charge is 0.339 e. The standard InChI is InChI=1S/C22H23FN4O4S2/c23-17-6-8-18(9-7-17)24-21(28)15-5-2-10-27(12-15)33(29,30)19-11-16(13-32-19)20-25-22(31-26-20)14-3-1-4-14/h6-9,11,13-15H,1-5,10,12H2,(H,24,28)/t15-/m0/s1. The SMILES string of the molecule is O=C(Nc1ccc(F)cc1)[C@H]1CCCN(S(=O)(=O)c2cc(-c3noc(C4CCC4)n3)cs2)C1. The summed E-state index contributed by atoms with van der Waals surface area (Å²) >= 11 is 1.11. The molecule has 1 saturated carbocycles. The molecule has 0 bridgehead atoms. The topological polar surface area (TPSA) is 105 Å². The van der Waals surface area contributed by atoms with Gasteiger partial charge in [-0.05, 0) is 56.0 Å². The Morgan fingerprint density at radius 2 is 1.97 bits per heavy atom. The van der Waals surface area contributed by atoms with E-state index in [0.29, 0.717) is 48.3 Å². The second kappa shape index (κ2) is 8.96. The molecule has 0 radical (unpaired) electrons. The van der Waals surface area contributed by atoms with Crippen LogP contribution in [-0.4, -0.2) is 41.9 Å². The van der Waals surface area contributed by atoms with E-state index in [-0.39, 0.29) is 16.7 Å². The molecule has 2 aliphatic rings. The van der Waals surface area contributed by atoms with Gasteiger partial charge in [0.05, 0.1) is 5.92 Å². The molecule has 1 aromatic carbocycles. The summed E-state index contributed by atoms with van der Waals surface area (Å²) in [6, 6.07) is 7.05. The maximum absolute atomic E-state index is 13.3. The molecule has 33 heavy (non-hydrogen) atoms. The lowest BCUT2D eigenvalue weighted by Gasteiger charge is -2.30. The van der Waals surface area contributed by atoms with Gasteiger partial charge in [0.1, 0.15) is 10.0 Å². The number of rotatable bonds is 6. The molecule has 8 nitrogen and oxygen atoms in total. The fraction of sp³-hybridized carbons (Fsp3) is 0.409. The smallest absolute Gasteiger partial charge is 0.252 e. The van der Waals surface area contributed by atoms with Gasteiger partial charge in [-0.1, -0.05) is 11.6 Å². The summed E-state index contributed by atoms with van der Waals surface area (Å²) in [6.07, 6.45) is 4.39. The van der Waals surface area contributed by atoms with Gasteiger partial charge in [0.25, 0.3) is 10.0 Å². The van der Waals surface area contributed by atoms with Crippen LogP contribution in [0.3, 0.4) is 0 Å². The lowest BCUT2D eigenvalue weighted by molar-refractivity contribution is -0.120. The van der Waals surface area contributed by atoms with Crippen molar-refractivity contribution in [1.29, 1.82) is 0 Å². The van der Waals surface area contributed by atoms with Gasteiger partial charge in [0, 0.05) is 35.6 Å². The van der Waals surface area contributed by atoms with E-state index < -0.39 is 21.8 Å². The molecule has 2 fully saturated rings. The molecule has 3 aromatic rings. The van der Waals surface area contributed by atoms with Gasteiger partial charge in [-0.2, -0.15) is 9.29 Å². The quantitative estimate of drug-likeness (QED) is 0.554. The number of carbonyl (C=O) groups excluding carboxylic acids is 1. The van der Waals surface area contributed by atoms with Crippen molar-refractivity contribution in [3.8, 4) is 11.4 Å². The summed E-state index contributed by atoms with van der Waals surface area (Å²) in [4.78, 5) is 17.1. The molecule has 5 rings (SSSR count). The number of piperidine rings is 1. The number of hydrogen-bond acceptors (Lipinski definition) is 7. The van der Waals surface area contributed by atoms with Crippen molar-refractivity contribution >= 4 is 33.0 Å². The van der Waals surface area contributed by atoms with Crippen molar-refractivity contribution in [1.82, 2.24) is 14.4 Å². The number of halogens is 1. The Balaban J connectivity index is 1.27. The number of anilines is 1. The van der Waals surface area contributed by atoms with Crippen molar-refractivity contribution in [2.24, 2.45) is 5.92 Å². The second-order valence-corrected chi connectivity index (χ2v) is 11.5. The molecule has 1 aliphatic heterocycles. The third kappa shape index (κ3) is 4.57. The fourth-order valence-corrected chi connectivity index (χ4v) is 6.86. The van der Waals surface area contributed by atoms with Crippen molar-refractivity contribution in [3.63, 3.8) is 0 Å². The molecule has 1 atom stereocenters. The Bertz CT molecular complexity index is 1250. The molecule has 1 aliphatic carbocycles. The first-order valence-corrected chi connectivity index (χ1v) is 13.2. The van der Waals surface area contributed by atoms with Crippen LogP contribution in [0.5, 0.6) is 0 Å². The van der Waals surface area contributed by atoms with Gasteiger partial charge in [0.2, 0.25) is 17.6 Å². The van der Waals surface area contributed by atoms with Gasteiger partial charge in [0.15, 0.2) is 0 Å². The first-order chi connectivity index (χ1) is 15.9. The molecular formula is C22H23FN4O4S2. The van der Waals surface area contributed by atoms with Crippen molar-refractivity contribution in [2.45, 2.75) is 42.2 Å². The highest BCUT2D eigenvalue weighted by molar-refractivity contribution is 7.91. The number of nitrogens with one attached hydrogen (secondary N) is 1. The lowest BCUT2D eigenvalue weighted by Crippen LogP contribution is -2.43. The molecule has 174 valence electrons. The van der Waals surface area contributed by atoms with E-state index in [4.69, 9.17) is 4.52 Å².